The molecule has 3 atom stereocenters. The molecule has 1 heterocycles. The Labute approximate surface area is 353 Å². The molecule has 0 saturated heterocycles. The first kappa shape index (κ1) is 35.5. The molecule has 0 fully saturated rings. The molecule has 5 aromatic carbocycles. The first-order chi connectivity index (χ1) is 29.7. The van der Waals surface area contributed by atoms with Crippen LogP contribution in [0.1, 0.15) is 79.2 Å². The molecule has 1 aliphatic heterocycles. The molecule has 1 spiro atoms. The monoisotopic (exact) mass is 773 g/mol. The molecule has 6 aliphatic carbocycles. The lowest BCUT2D eigenvalue weighted by atomic mass is 9.60. The fourth-order valence-electron chi connectivity index (χ4n) is 11.9. The normalized spacial score (nSPS) is 23.5. The molecule has 0 aromatic heterocycles. The molecule has 290 valence electrons. The third kappa shape index (κ3) is 5.31. The maximum absolute atomic E-state index is 9.41. The molecule has 60 heavy (non-hydrogen) atoms. The lowest BCUT2D eigenvalue weighted by Crippen LogP contribution is -2.43. The number of fused-ring (bicyclic) bond motifs is 10. The Hall–Kier alpha value is -6.43. The van der Waals surface area contributed by atoms with Gasteiger partial charge in [0.15, 0.2) is 0 Å². The van der Waals surface area contributed by atoms with Crippen LogP contribution in [0.3, 0.4) is 0 Å². The first-order valence-electron chi connectivity index (χ1n) is 22.2. The van der Waals surface area contributed by atoms with Crippen molar-refractivity contribution < 1.29 is 4.74 Å². The van der Waals surface area contributed by atoms with Crippen molar-refractivity contribution in [3.8, 4) is 34.1 Å². The minimum atomic E-state index is -0.421. The number of nitriles is 1. The Morgan fingerprint density at radius 3 is 2.12 bits per heavy atom. The number of ether oxygens (including phenoxy) is 1. The van der Waals surface area contributed by atoms with Crippen molar-refractivity contribution in [1.82, 2.24) is 0 Å². The summed E-state index contributed by atoms with van der Waals surface area (Å²) in [6.45, 7) is 0. The van der Waals surface area contributed by atoms with Crippen molar-refractivity contribution in [2.45, 2.75) is 75.7 Å². The quantitative estimate of drug-likeness (QED) is 0.182. The fraction of sp³-hybridized carbons (Fsp3) is 0.224. The van der Waals surface area contributed by atoms with Crippen molar-refractivity contribution in [1.29, 1.82) is 5.26 Å². The van der Waals surface area contributed by atoms with Gasteiger partial charge in [0, 0.05) is 12.0 Å². The van der Waals surface area contributed by atoms with Gasteiger partial charge in [0.05, 0.1) is 17.4 Å². The third-order valence-electron chi connectivity index (χ3n) is 14.6. The highest BCUT2D eigenvalue weighted by atomic mass is 16.5. The van der Waals surface area contributed by atoms with Gasteiger partial charge in [-0.25, -0.2) is 0 Å². The Bertz CT molecular complexity index is 2970. The molecule has 3 unspecified atom stereocenters. The van der Waals surface area contributed by atoms with Gasteiger partial charge in [-0.15, -0.1) is 0 Å². The van der Waals surface area contributed by atoms with Gasteiger partial charge in [-0.05, 0) is 164 Å². The van der Waals surface area contributed by atoms with Crippen molar-refractivity contribution in [3.05, 3.63) is 213 Å². The predicted octanol–water partition coefficient (Wildman–Crippen LogP) is 14.1. The van der Waals surface area contributed by atoms with Crippen LogP contribution in [0.4, 0.5) is 0 Å². The summed E-state index contributed by atoms with van der Waals surface area (Å²) in [5.41, 5.74) is 21.8. The highest BCUT2D eigenvalue weighted by Crippen LogP contribution is 2.63. The van der Waals surface area contributed by atoms with E-state index in [-0.39, 0.29) is 12.0 Å². The van der Waals surface area contributed by atoms with Gasteiger partial charge in [-0.1, -0.05) is 140 Å². The number of hydrogen-bond donors (Lipinski definition) is 0. The van der Waals surface area contributed by atoms with Crippen LogP contribution in [-0.2, 0) is 18.3 Å². The molecule has 5 aromatic rings. The summed E-state index contributed by atoms with van der Waals surface area (Å²) in [4.78, 5) is 0. The van der Waals surface area contributed by atoms with E-state index in [4.69, 9.17) is 4.74 Å². The molecule has 12 rings (SSSR count). The van der Waals surface area contributed by atoms with Crippen LogP contribution in [0, 0.1) is 17.2 Å². The third-order valence-corrected chi connectivity index (χ3v) is 14.6. The Morgan fingerprint density at radius 1 is 0.650 bits per heavy atom. The number of benzene rings is 5. The van der Waals surface area contributed by atoms with E-state index in [2.05, 4.69) is 158 Å². The lowest BCUT2D eigenvalue weighted by Gasteiger charge is -2.47. The van der Waals surface area contributed by atoms with Gasteiger partial charge in [0.1, 0.15) is 11.9 Å². The van der Waals surface area contributed by atoms with Crippen LogP contribution < -0.4 is 4.74 Å². The van der Waals surface area contributed by atoms with Gasteiger partial charge in [0.25, 0.3) is 0 Å². The van der Waals surface area contributed by atoms with Crippen LogP contribution in [0.15, 0.2) is 185 Å². The molecule has 0 saturated carbocycles. The van der Waals surface area contributed by atoms with E-state index in [1.165, 1.54) is 113 Å². The Morgan fingerprint density at radius 2 is 1.37 bits per heavy atom. The summed E-state index contributed by atoms with van der Waals surface area (Å²) >= 11 is 0. The zero-order chi connectivity index (χ0) is 39.8. The zero-order valence-corrected chi connectivity index (χ0v) is 34.0. The summed E-state index contributed by atoms with van der Waals surface area (Å²) in [7, 11) is 0. The van der Waals surface area contributed by atoms with Gasteiger partial charge in [0.2, 0.25) is 0 Å². The molecular weight excluding hydrogens is 727 g/mol. The number of nitrogens with zero attached hydrogens (tertiary/aromatic N) is 1. The second-order valence-electron chi connectivity index (χ2n) is 17.6. The van der Waals surface area contributed by atoms with E-state index in [0.717, 1.165) is 57.1 Å². The van der Waals surface area contributed by atoms with E-state index >= 15 is 0 Å². The predicted molar refractivity (Wildman–Crippen MR) is 246 cm³/mol. The highest BCUT2D eigenvalue weighted by Gasteiger charge is 2.55. The summed E-state index contributed by atoms with van der Waals surface area (Å²) in [5.74, 6) is 1.01. The Kier molecular flexibility index (Phi) is 8.35. The molecular formula is C58H47NO. The van der Waals surface area contributed by atoms with E-state index in [1.807, 2.05) is 0 Å². The standard InChI is InChI=1S/C58H47NO/c59-36-37-22-24-38(25-23-37)39-26-28-40(29-27-39)42-30-32-54-52(34-42)58(50-20-10-8-14-44(50)45-15-9-11-21-51(45)58)53-35-43(31-33-55(53)60-54)57-48-18-6-4-16-46(48)56(41-12-2-1-3-13-41)47-17-5-7-19-49(47)57/h1-4,6,8-10,12-16,18,20,22,24-26,28,30-31,33-35,37,54H,5,7,11,17,19,21,23,27,29,32H2. The van der Waals surface area contributed by atoms with Crippen LogP contribution in [0.2, 0.25) is 0 Å². The molecule has 2 nitrogen and oxygen atoms in total. The SMILES string of the molecule is N#CC1C=CC(C2=CC=C(C3=CCC4Oc5ccc(-c6c7c(c(-c8ccccc8)c8ccccc68)CCCC7)cc5C5(C4=C3)C3=C(C=CCC3)c3ccccc35)CC2)=CC1. The van der Waals surface area contributed by atoms with E-state index < -0.39 is 5.41 Å². The van der Waals surface area contributed by atoms with Gasteiger partial charge in [-0.3, -0.25) is 0 Å². The van der Waals surface area contributed by atoms with Crippen LogP contribution in [0.5, 0.6) is 5.75 Å². The minimum absolute atomic E-state index is 0.0110. The molecule has 0 amide bonds. The smallest absolute Gasteiger partial charge is 0.125 e. The average Bonchev–Trinajstić information content (AvgIpc) is 3.61. The summed E-state index contributed by atoms with van der Waals surface area (Å²) in [5, 5.41) is 12.1. The van der Waals surface area contributed by atoms with Gasteiger partial charge >= 0.3 is 0 Å². The minimum Gasteiger partial charge on any atom is -0.485 e. The van der Waals surface area contributed by atoms with Crippen LogP contribution in [0.25, 0.3) is 38.6 Å². The lowest BCUT2D eigenvalue weighted by molar-refractivity contribution is 0.203. The maximum Gasteiger partial charge on any atom is 0.125 e. The largest absolute Gasteiger partial charge is 0.485 e. The van der Waals surface area contributed by atoms with Gasteiger partial charge in [-0.2, -0.15) is 5.26 Å². The summed E-state index contributed by atoms with van der Waals surface area (Å²) < 4.78 is 7.21. The summed E-state index contributed by atoms with van der Waals surface area (Å²) in [6, 6.07) is 39.2. The summed E-state index contributed by atoms with van der Waals surface area (Å²) in [6.07, 6.45) is 31.2. The molecule has 0 radical (unpaired) electrons. The van der Waals surface area contributed by atoms with Crippen LogP contribution >= 0.6 is 0 Å². The molecule has 0 N–H and O–H groups in total. The zero-order valence-electron chi connectivity index (χ0n) is 34.0. The number of rotatable bonds is 4. The van der Waals surface area contributed by atoms with E-state index in [0.29, 0.717) is 0 Å². The Balaban J connectivity index is 1.06. The maximum atomic E-state index is 9.41. The van der Waals surface area contributed by atoms with E-state index in [1.54, 1.807) is 0 Å². The fourth-order valence-corrected chi connectivity index (χ4v) is 11.9. The molecule has 0 bridgehead atoms. The molecule has 7 aliphatic rings. The molecule has 2 heteroatoms. The second kappa shape index (κ2) is 14.1. The van der Waals surface area contributed by atoms with Crippen molar-refractivity contribution in [2.75, 3.05) is 0 Å². The van der Waals surface area contributed by atoms with Crippen molar-refractivity contribution in [2.24, 2.45) is 5.92 Å². The van der Waals surface area contributed by atoms with E-state index in [9.17, 15) is 5.26 Å². The van der Waals surface area contributed by atoms with Crippen molar-refractivity contribution in [3.63, 3.8) is 0 Å². The van der Waals surface area contributed by atoms with Crippen molar-refractivity contribution >= 4 is 16.3 Å². The first-order valence-corrected chi connectivity index (χ1v) is 22.2. The number of hydrogen-bond acceptors (Lipinski definition) is 2. The second-order valence-corrected chi connectivity index (χ2v) is 17.6. The average molecular weight is 774 g/mol. The highest BCUT2D eigenvalue weighted by molar-refractivity contribution is 6.08. The van der Waals surface area contributed by atoms with Gasteiger partial charge < -0.3 is 4.74 Å². The van der Waals surface area contributed by atoms with Crippen LogP contribution in [-0.4, -0.2) is 6.10 Å². The number of allylic oxidation sites excluding steroid dienone is 14. The topological polar surface area (TPSA) is 33.0 Å².